The maximum atomic E-state index is 12.4. The van der Waals surface area contributed by atoms with E-state index in [1.54, 1.807) is 12.1 Å². The second-order valence-corrected chi connectivity index (χ2v) is 4.74. The minimum Gasteiger partial charge on any atom is -0.493 e. The van der Waals surface area contributed by atoms with Crippen molar-refractivity contribution in [1.82, 2.24) is 0 Å². The molecule has 0 saturated carbocycles. The number of rotatable bonds is 5. The van der Waals surface area contributed by atoms with Crippen molar-refractivity contribution in [3.05, 3.63) is 47.5 Å². The van der Waals surface area contributed by atoms with Crippen LogP contribution in [0.3, 0.4) is 0 Å². The summed E-state index contributed by atoms with van der Waals surface area (Å²) in [4.78, 5) is 12.4. The lowest BCUT2D eigenvalue weighted by molar-refractivity contribution is 0.102. The van der Waals surface area contributed by atoms with Gasteiger partial charge in [-0.3, -0.25) is 4.79 Å². The number of nitrogens with one attached hydrogen (secondary N) is 1. The summed E-state index contributed by atoms with van der Waals surface area (Å²) in [6.45, 7) is 1.97. The third-order valence-corrected chi connectivity index (χ3v) is 3.20. The van der Waals surface area contributed by atoms with E-state index in [1.165, 1.54) is 21.3 Å². The summed E-state index contributed by atoms with van der Waals surface area (Å²) < 4.78 is 15.8. The molecule has 22 heavy (non-hydrogen) atoms. The Balaban J connectivity index is 2.33. The minimum absolute atomic E-state index is 0.246. The predicted molar refractivity (Wildman–Crippen MR) is 85.2 cm³/mol. The number of carbonyl (C=O) groups is 1. The lowest BCUT2D eigenvalue weighted by Gasteiger charge is -2.14. The fraction of sp³-hybridized carbons (Fsp3) is 0.235. The number of hydrogen-bond acceptors (Lipinski definition) is 4. The molecule has 1 N–H and O–H groups in total. The van der Waals surface area contributed by atoms with Crippen LogP contribution in [-0.2, 0) is 0 Å². The first-order chi connectivity index (χ1) is 10.6. The number of benzene rings is 2. The molecule has 0 spiro atoms. The molecule has 2 rings (SSSR count). The van der Waals surface area contributed by atoms with E-state index in [9.17, 15) is 4.79 Å². The van der Waals surface area contributed by atoms with Gasteiger partial charge in [-0.25, -0.2) is 0 Å². The number of methoxy groups -OCH3 is 3. The monoisotopic (exact) mass is 301 g/mol. The van der Waals surface area contributed by atoms with Crippen LogP contribution in [0.1, 0.15) is 15.9 Å². The number of aryl methyl sites for hydroxylation is 1. The molecule has 0 atom stereocenters. The van der Waals surface area contributed by atoms with Gasteiger partial charge in [0.2, 0.25) is 5.75 Å². The van der Waals surface area contributed by atoms with Gasteiger partial charge in [0.1, 0.15) is 0 Å². The second-order valence-electron chi connectivity index (χ2n) is 4.74. The molecule has 5 heteroatoms. The van der Waals surface area contributed by atoms with Gasteiger partial charge in [0, 0.05) is 11.3 Å². The summed E-state index contributed by atoms with van der Waals surface area (Å²) in [5, 5.41) is 2.85. The molecule has 0 aliphatic heterocycles. The molecule has 0 radical (unpaired) electrons. The molecule has 1 amide bonds. The Morgan fingerprint density at radius 1 is 0.955 bits per heavy atom. The van der Waals surface area contributed by atoms with Crippen LogP contribution in [0.15, 0.2) is 36.4 Å². The van der Waals surface area contributed by atoms with Crippen molar-refractivity contribution in [1.29, 1.82) is 0 Å². The van der Waals surface area contributed by atoms with Crippen LogP contribution in [0.4, 0.5) is 5.69 Å². The Hall–Kier alpha value is -2.69. The molecule has 0 bridgehead atoms. The molecular formula is C17H19NO4. The van der Waals surface area contributed by atoms with E-state index in [1.807, 2.05) is 31.2 Å². The van der Waals surface area contributed by atoms with Gasteiger partial charge in [0.15, 0.2) is 11.5 Å². The van der Waals surface area contributed by atoms with Crippen molar-refractivity contribution in [2.24, 2.45) is 0 Å². The highest BCUT2D eigenvalue weighted by Crippen LogP contribution is 2.38. The number of ether oxygens (including phenoxy) is 3. The minimum atomic E-state index is -0.246. The van der Waals surface area contributed by atoms with Crippen LogP contribution >= 0.6 is 0 Å². The van der Waals surface area contributed by atoms with E-state index in [0.717, 1.165) is 11.3 Å². The topological polar surface area (TPSA) is 56.8 Å². The summed E-state index contributed by atoms with van der Waals surface area (Å²) in [6, 6.07) is 10.8. The van der Waals surface area contributed by atoms with Crippen LogP contribution in [-0.4, -0.2) is 27.2 Å². The van der Waals surface area contributed by atoms with E-state index in [4.69, 9.17) is 14.2 Å². The van der Waals surface area contributed by atoms with Crippen molar-refractivity contribution >= 4 is 11.6 Å². The lowest BCUT2D eigenvalue weighted by atomic mass is 10.1. The van der Waals surface area contributed by atoms with E-state index in [-0.39, 0.29) is 5.91 Å². The quantitative estimate of drug-likeness (QED) is 0.921. The van der Waals surface area contributed by atoms with Gasteiger partial charge >= 0.3 is 0 Å². The van der Waals surface area contributed by atoms with Gasteiger partial charge in [-0.1, -0.05) is 12.1 Å². The highest BCUT2D eigenvalue weighted by molar-refractivity contribution is 6.05. The summed E-state index contributed by atoms with van der Waals surface area (Å²) in [5.41, 5.74) is 2.23. The molecule has 0 unspecified atom stereocenters. The Morgan fingerprint density at radius 2 is 1.59 bits per heavy atom. The fourth-order valence-electron chi connectivity index (χ4n) is 2.14. The molecule has 2 aromatic carbocycles. The van der Waals surface area contributed by atoms with Gasteiger partial charge in [-0.05, 0) is 36.8 Å². The molecule has 116 valence electrons. The summed E-state index contributed by atoms with van der Waals surface area (Å²) in [5.74, 6) is 1.09. The maximum Gasteiger partial charge on any atom is 0.255 e. The Bertz CT molecular complexity index is 657. The summed E-state index contributed by atoms with van der Waals surface area (Å²) >= 11 is 0. The van der Waals surface area contributed by atoms with Crippen LogP contribution < -0.4 is 19.5 Å². The smallest absolute Gasteiger partial charge is 0.255 e. The van der Waals surface area contributed by atoms with Crippen molar-refractivity contribution < 1.29 is 19.0 Å². The Labute approximate surface area is 129 Å². The molecule has 5 nitrogen and oxygen atoms in total. The normalized spacial score (nSPS) is 10.0. The third kappa shape index (κ3) is 3.31. The molecule has 0 aromatic heterocycles. The zero-order chi connectivity index (χ0) is 16.1. The van der Waals surface area contributed by atoms with Crippen LogP contribution in [0.2, 0.25) is 0 Å². The van der Waals surface area contributed by atoms with Gasteiger partial charge in [-0.2, -0.15) is 0 Å². The highest BCUT2D eigenvalue weighted by atomic mass is 16.5. The lowest BCUT2D eigenvalue weighted by Crippen LogP contribution is -2.12. The molecule has 2 aromatic rings. The first-order valence-electron chi connectivity index (χ1n) is 6.77. The molecule has 0 heterocycles. The summed E-state index contributed by atoms with van der Waals surface area (Å²) in [7, 11) is 4.55. The zero-order valence-corrected chi connectivity index (χ0v) is 13.1. The van der Waals surface area contributed by atoms with E-state index < -0.39 is 0 Å². The fourth-order valence-corrected chi connectivity index (χ4v) is 2.14. The van der Waals surface area contributed by atoms with Crippen molar-refractivity contribution in [2.75, 3.05) is 26.6 Å². The zero-order valence-electron chi connectivity index (χ0n) is 13.1. The van der Waals surface area contributed by atoms with Gasteiger partial charge < -0.3 is 19.5 Å². The number of carbonyl (C=O) groups excluding carboxylic acids is 1. The van der Waals surface area contributed by atoms with E-state index in [2.05, 4.69) is 5.32 Å². The molecule has 0 aliphatic carbocycles. The highest BCUT2D eigenvalue weighted by Gasteiger charge is 2.17. The summed E-state index contributed by atoms with van der Waals surface area (Å²) in [6.07, 6.45) is 0. The number of anilines is 1. The van der Waals surface area contributed by atoms with Crippen LogP contribution in [0.5, 0.6) is 17.2 Å². The first kappa shape index (κ1) is 15.7. The van der Waals surface area contributed by atoms with Crippen LogP contribution in [0, 0.1) is 6.92 Å². The maximum absolute atomic E-state index is 12.4. The van der Waals surface area contributed by atoms with Crippen molar-refractivity contribution in [2.45, 2.75) is 6.92 Å². The Kier molecular flexibility index (Phi) is 4.88. The standard InChI is InChI=1S/C17H19NO4/c1-11-6-5-7-13(8-11)18-17(19)12-9-14(20-2)16(22-4)15(10-12)21-3/h5-10H,1-4H3,(H,18,19). The van der Waals surface area contributed by atoms with E-state index in [0.29, 0.717) is 22.8 Å². The number of amides is 1. The van der Waals surface area contributed by atoms with Crippen molar-refractivity contribution in [3.63, 3.8) is 0 Å². The van der Waals surface area contributed by atoms with Crippen LogP contribution in [0.25, 0.3) is 0 Å². The average molecular weight is 301 g/mol. The van der Waals surface area contributed by atoms with E-state index >= 15 is 0 Å². The molecule has 0 fully saturated rings. The SMILES string of the molecule is COc1cc(C(=O)Nc2cccc(C)c2)cc(OC)c1OC. The third-order valence-electron chi connectivity index (χ3n) is 3.20. The largest absolute Gasteiger partial charge is 0.493 e. The first-order valence-corrected chi connectivity index (χ1v) is 6.77. The molecular weight excluding hydrogens is 282 g/mol. The second kappa shape index (κ2) is 6.85. The average Bonchev–Trinajstić information content (AvgIpc) is 2.53. The predicted octanol–water partition coefficient (Wildman–Crippen LogP) is 3.27. The Morgan fingerprint density at radius 3 is 2.09 bits per heavy atom. The van der Waals surface area contributed by atoms with Gasteiger partial charge in [-0.15, -0.1) is 0 Å². The molecule has 0 saturated heterocycles. The number of hydrogen-bond donors (Lipinski definition) is 1. The van der Waals surface area contributed by atoms with Crippen molar-refractivity contribution in [3.8, 4) is 17.2 Å². The molecule has 0 aliphatic rings. The van der Waals surface area contributed by atoms with Gasteiger partial charge in [0.05, 0.1) is 21.3 Å². The van der Waals surface area contributed by atoms with Gasteiger partial charge in [0.25, 0.3) is 5.91 Å².